The van der Waals surface area contributed by atoms with Gasteiger partial charge >= 0.3 is 0 Å². The Kier molecular flexibility index (Phi) is 5.47. The van der Waals surface area contributed by atoms with Gasteiger partial charge in [0.15, 0.2) is 0 Å². The summed E-state index contributed by atoms with van der Waals surface area (Å²) < 4.78 is 11.6. The smallest absolute Gasteiger partial charge is 0.253 e. The van der Waals surface area contributed by atoms with Crippen molar-refractivity contribution in [1.82, 2.24) is 9.88 Å². The van der Waals surface area contributed by atoms with Crippen LogP contribution in [-0.4, -0.2) is 46.2 Å². The van der Waals surface area contributed by atoms with Crippen LogP contribution in [0.1, 0.15) is 34.6 Å². The number of hydrogen-bond acceptors (Lipinski definition) is 5. The summed E-state index contributed by atoms with van der Waals surface area (Å²) in [6.07, 6.45) is 2.21. The molecule has 1 saturated carbocycles. The Bertz CT molecular complexity index is 1090. The minimum Gasteiger partial charge on any atom is -0.486 e. The van der Waals surface area contributed by atoms with Gasteiger partial charge in [0.25, 0.3) is 5.91 Å². The Morgan fingerprint density at radius 3 is 2.50 bits per heavy atom. The summed E-state index contributed by atoms with van der Waals surface area (Å²) in [7, 11) is 0. The van der Waals surface area contributed by atoms with Gasteiger partial charge < -0.3 is 19.2 Å². The van der Waals surface area contributed by atoms with Gasteiger partial charge in [-0.05, 0) is 74.9 Å². The number of aromatic nitrogens is 1. The Hall–Kier alpha value is -3.12. The molecule has 6 nitrogen and oxygen atoms in total. The van der Waals surface area contributed by atoms with Crippen molar-refractivity contribution < 1.29 is 19.1 Å². The third-order valence-corrected chi connectivity index (χ3v) is 6.76. The Morgan fingerprint density at radius 2 is 1.81 bits per heavy atom. The van der Waals surface area contributed by atoms with Crippen LogP contribution in [0.25, 0.3) is 11.3 Å². The number of nitrogens with zero attached hydrogens (tertiary/aromatic N) is 2. The molecule has 0 unspecified atom stereocenters. The number of carbonyl (C=O) groups excluding carboxylic acids is 1. The van der Waals surface area contributed by atoms with E-state index in [0.717, 1.165) is 34.9 Å². The fourth-order valence-corrected chi connectivity index (χ4v) is 5.05. The summed E-state index contributed by atoms with van der Waals surface area (Å²) in [5.74, 6) is 2.17. The average Bonchev–Trinajstić information content (AvgIpc) is 3.45. The molecular weight excluding hydrogens is 404 g/mol. The predicted octanol–water partition coefficient (Wildman–Crippen LogP) is 4.25. The lowest BCUT2D eigenvalue weighted by atomic mass is 9.78. The highest BCUT2D eigenvalue weighted by atomic mass is 16.5. The lowest BCUT2D eigenvalue weighted by Gasteiger charge is -2.35. The minimum absolute atomic E-state index is 0.0379. The molecule has 1 aliphatic carbocycles. The lowest BCUT2D eigenvalue weighted by Crippen LogP contribution is -2.42. The highest BCUT2D eigenvalue weighted by Gasteiger charge is 2.44. The van der Waals surface area contributed by atoms with Gasteiger partial charge in [-0.3, -0.25) is 9.78 Å². The van der Waals surface area contributed by atoms with E-state index in [1.807, 2.05) is 67.3 Å². The third kappa shape index (κ3) is 4.02. The number of ether oxygens (including phenoxy) is 1. The van der Waals surface area contributed by atoms with Gasteiger partial charge in [-0.2, -0.15) is 0 Å². The molecule has 3 heterocycles. The molecule has 6 heteroatoms. The molecule has 2 aliphatic rings. The summed E-state index contributed by atoms with van der Waals surface area (Å²) in [6.45, 7) is 5.25. The minimum atomic E-state index is -0.542. The summed E-state index contributed by atoms with van der Waals surface area (Å²) in [4.78, 5) is 19.5. The number of rotatable bonds is 4. The van der Waals surface area contributed by atoms with Gasteiger partial charge in [-0.1, -0.05) is 12.1 Å². The number of hydrogen-bond donors (Lipinski definition) is 1. The molecule has 5 rings (SSSR count). The van der Waals surface area contributed by atoms with E-state index in [2.05, 4.69) is 4.98 Å². The highest BCUT2D eigenvalue weighted by molar-refractivity contribution is 5.94. The molecular formula is C26H28N2O4. The molecule has 4 atom stereocenters. The molecule has 1 amide bonds. The first-order valence-electron chi connectivity index (χ1n) is 11.2. The topological polar surface area (TPSA) is 75.8 Å². The zero-order chi connectivity index (χ0) is 22.2. The summed E-state index contributed by atoms with van der Waals surface area (Å²) in [5.41, 5.74) is 3.40. The second-order valence-electron chi connectivity index (χ2n) is 9.02. The van der Waals surface area contributed by atoms with Crippen LogP contribution in [0.5, 0.6) is 5.75 Å². The molecule has 2 fully saturated rings. The van der Waals surface area contributed by atoms with Crippen molar-refractivity contribution in [3.63, 3.8) is 0 Å². The molecule has 166 valence electrons. The summed E-state index contributed by atoms with van der Waals surface area (Å²) in [5, 5.41) is 10.7. The second kappa shape index (κ2) is 8.43. The van der Waals surface area contributed by atoms with Crippen LogP contribution < -0.4 is 4.74 Å². The molecule has 1 aromatic carbocycles. The van der Waals surface area contributed by atoms with Gasteiger partial charge in [0.1, 0.15) is 17.6 Å². The number of amides is 1. The number of likely N-dealkylation sites (tertiary alicyclic amines) is 1. The normalized spacial score (nSPS) is 24.9. The van der Waals surface area contributed by atoms with E-state index in [9.17, 15) is 9.90 Å². The number of aliphatic hydroxyl groups is 1. The monoisotopic (exact) mass is 432 g/mol. The molecule has 0 spiro atoms. The maximum atomic E-state index is 13.1. The first kappa shape index (κ1) is 20.8. The van der Waals surface area contributed by atoms with Gasteiger partial charge in [0, 0.05) is 29.9 Å². The van der Waals surface area contributed by atoms with Gasteiger partial charge in [0.2, 0.25) is 0 Å². The Labute approximate surface area is 187 Å². The third-order valence-electron chi connectivity index (χ3n) is 6.76. The van der Waals surface area contributed by atoms with Crippen molar-refractivity contribution in [3.05, 3.63) is 71.7 Å². The number of aryl methyl sites for hydroxylation is 2. The van der Waals surface area contributed by atoms with Crippen LogP contribution in [-0.2, 0) is 0 Å². The van der Waals surface area contributed by atoms with Crippen molar-refractivity contribution in [3.8, 4) is 17.1 Å². The zero-order valence-electron chi connectivity index (χ0n) is 18.4. The number of pyridine rings is 1. The fraction of sp³-hybridized carbons (Fsp3) is 0.385. The molecule has 3 aromatic rings. The number of aliphatic hydroxyl groups excluding tert-OH is 1. The number of fused-ring (bicyclic) bond motifs is 1. The van der Waals surface area contributed by atoms with Crippen molar-refractivity contribution in [2.45, 2.75) is 38.9 Å². The number of carbonyl (C=O) groups is 1. The number of benzene rings is 1. The van der Waals surface area contributed by atoms with E-state index in [4.69, 9.17) is 9.15 Å². The fourth-order valence-electron chi connectivity index (χ4n) is 5.05. The van der Waals surface area contributed by atoms with Gasteiger partial charge in [0.05, 0.1) is 18.1 Å². The maximum absolute atomic E-state index is 13.1. The van der Waals surface area contributed by atoms with Crippen LogP contribution >= 0.6 is 0 Å². The maximum Gasteiger partial charge on any atom is 0.253 e. The largest absolute Gasteiger partial charge is 0.486 e. The van der Waals surface area contributed by atoms with E-state index in [1.54, 1.807) is 6.26 Å². The van der Waals surface area contributed by atoms with E-state index >= 15 is 0 Å². The van der Waals surface area contributed by atoms with Crippen molar-refractivity contribution >= 4 is 5.91 Å². The quantitative estimate of drug-likeness (QED) is 0.667. The molecule has 32 heavy (non-hydrogen) atoms. The van der Waals surface area contributed by atoms with Crippen molar-refractivity contribution in [1.29, 1.82) is 0 Å². The Morgan fingerprint density at radius 1 is 1.06 bits per heavy atom. The average molecular weight is 433 g/mol. The molecule has 1 saturated heterocycles. The predicted molar refractivity (Wildman–Crippen MR) is 120 cm³/mol. The SMILES string of the molecule is Cc1ccc(O[C@@H]2C[C@@H]3CN(C(=O)c4ccc(-c5ccco5)cc4)C[C@@H]3C[C@H]2O)c(C)n1. The Balaban J connectivity index is 1.24. The van der Waals surface area contributed by atoms with Gasteiger partial charge in [-0.15, -0.1) is 0 Å². The van der Waals surface area contributed by atoms with E-state index in [1.165, 1.54) is 0 Å². The van der Waals surface area contributed by atoms with Crippen molar-refractivity contribution in [2.24, 2.45) is 11.8 Å². The zero-order valence-corrected chi connectivity index (χ0v) is 18.4. The summed E-state index contributed by atoms with van der Waals surface area (Å²) in [6, 6.07) is 15.1. The van der Waals surface area contributed by atoms with Crippen LogP contribution in [0, 0.1) is 25.7 Å². The lowest BCUT2D eigenvalue weighted by molar-refractivity contribution is -0.0236. The molecule has 0 radical (unpaired) electrons. The molecule has 1 aliphatic heterocycles. The molecule has 2 aromatic heterocycles. The number of furan rings is 1. The first-order chi connectivity index (χ1) is 15.5. The van der Waals surface area contributed by atoms with Crippen LogP contribution in [0.3, 0.4) is 0 Å². The van der Waals surface area contributed by atoms with E-state index in [-0.39, 0.29) is 12.0 Å². The van der Waals surface area contributed by atoms with Crippen LogP contribution in [0.15, 0.2) is 59.2 Å². The summed E-state index contributed by atoms with van der Waals surface area (Å²) >= 11 is 0. The highest BCUT2D eigenvalue weighted by Crippen LogP contribution is 2.39. The van der Waals surface area contributed by atoms with Crippen LogP contribution in [0.4, 0.5) is 0 Å². The van der Waals surface area contributed by atoms with Gasteiger partial charge in [-0.25, -0.2) is 0 Å². The molecule has 0 bridgehead atoms. The van der Waals surface area contributed by atoms with E-state index < -0.39 is 6.10 Å². The van der Waals surface area contributed by atoms with E-state index in [0.29, 0.717) is 36.9 Å². The molecule has 1 N–H and O–H groups in total. The second-order valence-corrected chi connectivity index (χ2v) is 9.02. The van der Waals surface area contributed by atoms with Crippen molar-refractivity contribution in [2.75, 3.05) is 13.1 Å². The van der Waals surface area contributed by atoms with Crippen LogP contribution in [0.2, 0.25) is 0 Å². The standard InChI is InChI=1S/C26H28N2O4/c1-16-5-10-23(17(2)27-16)32-25-13-21-15-28(14-20(21)12-22(25)29)26(30)19-8-6-18(7-9-19)24-4-3-11-31-24/h3-11,20-22,25,29H,12-15H2,1-2H3/t20-,21+,22+,25+/m0/s1. The first-order valence-corrected chi connectivity index (χ1v) is 11.2.